The van der Waals surface area contributed by atoms with E-state index in [0.29, 0.717) is 67.1 Å². The molecule has 6 heteroatoms. The molecular weight excluding hydrogens is 449 g/mol. The Labute approximate surface area is 212 Å². The third-order valence-electron chi connectivity index (χ3n) is 8.20. The summed E-state index contributed by atoms with van der Waals surface area (Å²) in [4.78, 5) is 0. The number of hydrogen-bond donors (Lipinski definition) is 4. The van der Waals surface area contributed by atoms with Crippen molar-refractivity contribution in [1.82, 2.24) is 0 Å². The van der Waals surface area contributed by atoms with E-state index >= 15 is 0 Å². The van der Waals surface area contributed by atoms with Crippen molar-refractivity contribution in [3.05, 3.63) is 11.1 Å². The summed E-state index contributed by atoms with van der Waals surface area (Å²) < 4.78 is 0. The fraction of sp³-hybridized carbons (Fsp3) is 0.643. The first kappa shape index (κ1) is 30.0. The SMILES string of the molecule is CC(C)[Si](C#Cc1c(N)c(N)c(C#C[Si](C(C)C)(C(C)C)C(C)C)c(N)c1N)(C(C)C)C(C)C. The van der Waals surface area contributed by atoms with Crippen LogP contribution in [0.5, 0.6) is 0 Å². The van der Waals surface area contributed by atoms with Gasteiger partial charge >= 0.3 is 0 Å². The molecule has 8 N–H and O–H groups in total. The first-order chi connectivity index (χ1) is 15.5. The summed E-state index contributed by atoms with van der Waals surface area (Å²) in [6.07, 6.45) is 0. The van der Waals surface area contributed by atoms with Crippen molar-refractivity contribution in [2.24, 2.45) is 0 Å². The Morgan fingerprint density at radius 2 is 0.588 bits per heavy atom. The molecular formula is C28H50N4Si2. The van der Waals surface area contributed by atoms with Crippen LogP contribution >= 0.6 is 0 Å². The van der Waals surface area contributed by atoms with Crippen LogP contribution in [0.2, 0.25) is 33.2 Å². The Morgan fingerprint density at radius 1 is 0.412 bits per heavy atom. The highest BCUT2D eigenvalue weighted by atomic mass is 28.3. The van der Waals surface area contributed by atoms with Gasteiger partial charge in [-0.25, -0.2) is 0 Å². The second-order valence-electron chi connectivity index (χ2n) is 11.7. The van der Waals surface area contributed by atoms with Gasteiger partial charge < -0.3 is 22.9 Å². The van der Waals surface area contributed by atoms with Crippen molar-refractivity contribution in [2.45, 2.75) is 116 Å². The number of hydrogen-bond acceptors (Lipinski definition) is 4. The van der Waals surface area contributed by atoms with E-state index in [1.165, 1.54) is 0 Å². The van der Waals surface area contributed by atoms with Gasteiger partial charge in [-0.3, -0.25) is 0 Å². The van der Waals surface area contributed by atoms with Gasteiger partial charge in [-0.2, -0.15) is 0 Å². The monoisotopic (exact) mass is 498 g/mol. The highest BCUT2D eigenvalue weighted by Gasteiger charge is 2.42. The highest BCUT2D eigenvalue weighted by molar-refractivity contribution is 6.91. The largest absolute Gasteiger partial charge is 0.396 e. The molecule has 0 aromatic heterocycles. The molecule has 0 unspecified atom stereocenters. The maximum Gasteiger partial charge on any atom is 0.146 e. The van der Waals surface area contributed by atoms with Gasteiger partial charge in [0, 0.05) is 0 Å². The summed E-state index contributed by atoms with van der Waals surface area (Å²) in [7, 11) is -3.92. The molecule has 0 aliphatic carbocycles. The topological polar surface area (TPSA) is 104 Å². The Bertz CT molecular complexity index is 846. The summed E-state index contributed by atoms with van der Waals surface area (Å²) in [5, 5.41) is 0. The van der Waals surface area contributed by atoms with E-state index in [1.54, 1.807) is 0 Å². The molecule has 1 aromatic rings. The molecule has 0 atom stereocenters. The Hall–Kier alpha value is -2.03. The summed E-state index contributed by atoms with van der Waals surface area (Å²) >= 11 is 0. The third-order valence-corrected chi connectivity index (χ3v) is 20.8. The van der Waals surface area contributed by atoms with E-state index < -0.39 is 16.1 Å². The van der Waals surface area contributed by atoms with Crippen LogP contribution in [-0.4, -0.2) is 16.1 Å². The van der Waals surface area contributed by atoms with Crippen LogP contribution in [0.4, 0.5) is 22.7 Å². The lowest BCUT2D eigenvalue weighted by molar-refractivity contribution is 0.838. The second-order valence-corrected chi connectivity index (χ2v) is 22.9. The standard InChI is InChI=1S/C28H50N4Si2/c1-17(2)33(18(3)4,19(5)6)15-13-23-25(29)27(31)24(28(32)26(23)30)14-16-34(20(7)8,21(9)10)22(11)12/h17-22H,29-32H2,1-12H3. The molecule has 1 rings (SSSR count). The Morgan fingerprint density at radius 3 is 0.735 bits per heavy atom. The average molecular weight is 499 g/mol. The Kier molecular flexibility index (Phi) is 9.83. The minimum Gasteiger partial charge on any atom is -0.396 e. The van der Waals surface area contributed by atoms with E-state index in [2.05, 4.69) is 106 Å². The van der Waals surface area contributed by atoms with Crippen LogP contribution in [0.1, 0.15) is 94.2 Å². The molecule has 0 aliphatic heterocycles. The van der Waals surface area contributed by atoms with Gasteiger partial charge in [-0.15, -0.1) is 11.1 Å². The van der Waals surface area contributed by atoms with Gasteiger partial charge in [0.1, 0.15) is 16.1 Å². The predicted octanol–water partition coefficient (Wildman–Crippen LogP) is 7.15. The number of nitrogens with two attached hydrogens (primary N) is 4. The highest BCUT2D eigenvalue weighted by Crippen LogP contribution is 2.43. The minimum atomic E-state index is -1.96. The van der Waals surface area contributed by atoms with Gasteiger partial charge in [0.05, 0.1) is 33.9 Å². The van der Waals surface area contributed by atoms with Gasteiger partial charge in [0.15, 0.2) is 0 Å². The molecule has 0 fully saturated rings. The Balaban J connectivity index is 3.84. The van der Waals surface area contributed by atoms with E-state index in [-0.39, 0.29) is 0 Å². The zero-order valence-corrected chi connectivity index (χ0v) is 25.8. The van der Waals surface area contributed by atoms with E-state index in [1.807, 2.05) is 0 Å². The molecule has 1 aromatic carbocycles. The normalized spacial score (nSPS) is 12.5. The summed E-state index contributed by atoms with van der Waals surface area (Å²) in [5.74, 6) is 6.73. The lowest BCUT2D eigenvalue weighted by atomic mass is 10.0. The minimum absolute atomic E-state index is 0.397. The van der Waals surface area contributed by atoms with E-state index in [9.17, 15) is 0 Å². The summed E-state index contributed by atoms with van der Waals surface area (Å²) in [5.41, 5.74) is 39.2. The molecule has 34 heavy (non-hydrogen) atoms. The molecule has 0 amide bonds. The number of rotatable bonds is 6. The molecule has 0 saturated heterocycles. The quantitative estimate of drug-likeness (QED) is 0.190. The molecule has 0 bridgehead atoms. The maximum atomic E-state index is 6.53. The molecule has 190 valence electrons. The van der Waals surface area contributed by atoms with Crippen molar-refractivity contribution in [3.8, 4) is 22.9 Å². The zero-order valence-electron chi connectivity index (χ0n) is 23.8. The van der Waals surface area contributed by atoms with Crippen LogP contribution < -0.4 is 22.9 Å². The van der Waals surface area contributed by atoms with Crippen LogP contribution in [0, 0.1) is 22.9 Å². The van der Waals surface area contributed by atoms with Gasteiger partial charge in [-0.1, -0.05) is 94.9 Å². The van der Waals surface area contributed by atoms with Crippen molar-refractivity contribution in [1.29, 1.82) is 0 Å². The van der Waals surface area contributed by atoms with Crippen molar-refractivity contribution in [3.63, 3.8) is 0 Å². The third kappa shape index (κ3) is 5.14. The zero-order chi connectivity index (χ0) is 26.8. The number of benzene rings is 1. The number of nitrogen functional groups attached to an aromatic ring is 4. The summed E-state index contributed by atoms with van der Waals surface area (Å²) in [6, 6.07) is 0. The fourth-order valence-corrected chi connectivity index (χ4v) is 16.7. The molecule has 0 aliphatic rings. The van der Waals surface area contributed by atoms with Crippen molar-refractivity contribution < 1.29 is 0 Å². The van der Waals surface area contributed by atoms with Crippen LogP contribution in [-0.2, 0) is 0 Å². The van der Waals surface area contributed by atoms with Crippen molar-refractivity contribution in [2.75, 3.05) is 22.9 Å². The first-order valence-corrected chi connectivity index (χ1v) is 17.3. The van der Waals surface area contributed by atoms with Crippen molar-refractivity contribution >= 4 is 38.9 Å². The van der Waals surface area contributed by atoms with Gasteiger partial charge in [0.2, 0.25) is 0 Å². The van der Waals surface area contributed by atoms with Gasteiger partial charge in [0.25, 0.3) is 0 Å². The average Bonchev–Trinajstić information content (AvgIpc) is 2.70. The van der Waals surface area contributed by atoms with Crippen LogP contribution in [0.15, 0.2) is 0 Å². The molecule has 4 nitrogen and oxygen atoms in total. The van der Waals surface area contributed by atoms with Gasteiger partial charge in [-0.05, 0) is 33.2 Å². The lowest BCUT2D eigenvalue weighted by Gasteiger charge is -2.38. The predicted molar refractivity (Wildman–Crippen MR) is 160 cm³/mol. The number of anilines is 4. The fourth-order valence-electron chi connectivity index (χ4n) is 6.31. The first-order valence-electron chi connectivity index (χ1n) is 12.8. The second kappa shape index (κ2) is 11.1. The smallest absolute Gasteiger partial charge is 0.146 e. The van der Waals surface area contributed by atoms with E-state index in [0.717, 1.165) is 0 Å². The van der Waals surface area contributed by atoms with Crippen LogP contribution in [0.3, 0.4) is 0 Å². The molecule has 0 saturated carbocycles. The maximum absolute atomic E-state index is 6.53. The van der Waals surface area contributed by atoms with E-state index in [4.69, 9.17) is 22.9 Å². The summed E-state index contributed by atoms with van der Waals surface area (Å²) in [6.45, 7) is 27.4. The molecule has 0 heterocycles. The molecule has 0 spiro atoms. The molecule has 0 radical (unpaired) electrons. The van der Waals surface area contributed by atoms with Crippen LogP contribution in [0.25, 0.3) is 0 Å². The lowest BCUT2D eigenvalue weighted by Crippen LogP contribution is -2.43.